The van der Waals surface area contributed by atoms with Crippen molar-refractivity contribution in [3.05, 3.63) is 0 Å². The third kappa shape index (κ3) is 2.33. The summed E-state index contributed by atoms with van der Waals surface area (Å²) in [6.07, 6.45) is 6.76. The average molecular weight is 251 g/mol. The maximum absolute atomic E-state index is 6.33. The third-order valence-corrected chi connectivity index (χ3v) is 5.88. The minimum Gasteiger partial charge on any atom is -0.327 e. The molecule has 0 spiro atoms. The van der Waals surface area contributed by atoms with Crippen LogP contribution in [0.4, 0.5) is 0 Å². The summed E-state index contributed by atoms with van der Waals surface area (Å²) in [6.45, 7) is 6.26. The molecular formula is C15H29N3. The highest BCUT2D eigenvalue weighted by atomic mass is 15.2. The van der Waals surface area contributed by atoms with E-state index in [-0.39, 0.29) is 0 Å². The number of hydrogen-bond acceptors (Lipinski definition) is 3. The van der Waals surface area contributed by atoms with Crippen molar-refractivity contribution in [2.75, 3.05) is 26.7 Å². The van der Waals surface area contributed by atoms with Gasteiger partial charge in [0, 0.05) is 31.2 Å². The lowest BCUT2D eigenvalue weighted by Gasteiger charge is -2.39. The van der Waals surface area contributed by atoms with Crippen molar-refractivity contribution in [1.82, 2.24) is 9.80 Å². The fraction of sp³-hybridized carbons (Fsp3) is 1.00. The molecule has 5 atom stereocenters. The van der Waals surface area contributed by atoms with Gasteiger partial charge in [0.25, 0.3) is 0 Å². The number of rotatable bonds is 1. The molecule has 3 fully saturated rings. The lowest BCUT2D eigenvalue weighted by molar-refractivity contribution is 0.0997. The van der Waals surface area contributed by atoms with E-state index in [4.69, 9.17) is 5.73 Å². The van der Waals surface area contributed by atoms with Crippen molar-refractivity contribution in [1.29, 1.82) is 0 Å². The number of likely N-dealkylation sites (tertiary alicyclic amines) is 2. The zero-order valence-corrected chi connectivity index (χ0v) is 12.0. The highest BCUT2D eigenvalue weighted by Crippen LogP contribution is 2.37. The zero-order chi connectivity index (χ0) is 12.7. The van der Waals surface area contributed by atoms with Crippen LogP contribution in [-0.4, -0.2) is 54.6 Å². The van der Waals surface area contributed by atoms with Crippen LogP contribution in [0.3, 0.4) is 0 Å². The maximum atomic E-state index is 6.33. The average Bonchev–Trinajstić information content (AvgIpc) is 2.78. The number of nitrogens with zero attached hydrogens (tertiary/aromatic N) is 2. The summed E-state index contributed by atoms with van der Waals surface area (Å²) >= 11 is 0. The van der Waals surface area contributed by atoms with Gasteiger partial charge in [-0.15, -0.1) is 0 Å². The minimum atomic E-state index is 0.484. The lowest BCUT2D eigenvalue weighted by Crippen LogP contribution is -2.47. The summed E-state index contributed by atoms with van der Waals surface area (Å²) in [5, 5.41) is 0. The van der Waals surface area contributed by atoms with Crippen LogP contribution in [-0.2, 0) is 0 Å². The molecule has 2 heterocycles. The summed E-state index contributed by atoms with van der Waals surface area (Å²) in [7, 11) is 2.26. The molecule has 0 aromatic rings. The Kier molecular flexibility index (Phi) is 3.65. The second-order valence-electron chi connectivity index (χ2n) is 6.98. The van der Waals surface area contributed by atoms with Gasteiger partial charge in [-0.2, -0.15) is 0 Å². The van der Waals surface area contributed by atoms with Crippen LogP contribution in [0.5, 0.6) is 0 Å². The van der Waals surface area contributed by atoms with E-state index in [1.54, 1.807) is 0 Å². The Balaban J connectivity index is 1.61. The van der Waals surface area contributed by atoms with E-state index in [2.05, 4.69) is 23.8 Å². The highest BCUT2D eigenvalue weighted by Gasteiger charge is 2.41. The largest absolute Gasteiger partial charge is 0.327 e. The molecule has 18 heavy (non-hydrogen) atoms. The molecule has 0 aromatic carbocycles. The molecule has 3 heteroatoms. The number of fused-ring (bicyclic) bond motifs is 1. The van der Waals surface area contributed by atoms with Crippen molar-refractivity contribution in [2.45, 2.75) is 57.2 Å². The van der Waals surface area contributed by atoms with Crippen LogP contribution in [0.1, 0.15) is 39.0 Å². The van der Waals surface area contributed by atoms with Gasteiger partial charge in [-0.05, 0) is 58.0 Å². The number of nitrogens with two attached hydrogens (primary N) is 1. The second kappa shape index (κ2) is 5.10. The first kappa shape index (κ1) is 12.9. The van der Waals surface area contributed by atoms with Gasteiger partial charge < -0.3 is 10.6 Å². The molecule has 0 radical (unpaired) electrons. The Labute approximate surface area is 112 Å². The molecule has 0 amide bonds. The Bertz CT molecular complexity index is 293. The molecule has 5 unspecified atom stereocenters. The molecular weight excluding hydrogens is 222 g/mol. The van der Waals surface area contributed by atoms with E-state index in [1.807, 2.05) is 0 Å². The fourth-order valence-corrected chi connectivity index (χ4v) is 4.45. The molecule has 1 aliphatic carbocycles. The number of hydrogen-bond donors (Lipinski definition) is 1. The van der Waals surface area contributed by atoms with Gasteiger partial charge in [0.05, 0.1) is 0 Å². The predicted octanol–water partition coefficient (Wildman–Crippen LogP) is 1.53. The van der Waals surface area contributed by atoms with Crippen molar-refractivity contribution >= 4 is 0 Å². The SMILES string of the molecule is CC1CC(N2CC3CCCC(N)C3C2)CCN1C. The normalized spacial score (nSPS) is 47.2. The molecule has 3 aliphatic rings. The van der Waals surface area contributed by atoms with E-state index < -0.39 is 0 Å². The molecule has 0 aromatic heterocycles. The van der Waals surface area contributed by atoms with Crippen molar-refractivity contribution in [3.8, 4) is 0 Å². The maximum Gasteiger partial charge on any atom is 0.0122 e. The smallest absolute Gasteiger partial charge is 0.0122 e. The second-order valence-corrected chi connectivity index (χ2v) is 6.98. The first-order valence-electron chi connectivity index (χ1n) is 7.85. The van der Waals surface area contributed by atoms with E-state index in [1.165, 1.54) is 51.7 Å². The van der Waals surface area contributed by atoms with Crippen LogP contribution in [0.2, 0.25) is 0 Å². The first-order chi connectivity index (χ1) is 8.65. The molecule has 3 nitrogen and oxygen atoms in total. The van der Waals surface area contributed by atoms with E-state index in [0.29, 0.717) is 6.04 Å². The number of piperidine rings is 1. The Morgan fingerprint density at radius 3 is 2.67 bits per heavy atom. The van der Waals surface area contributed by atoms with Crippen LogP contribution in [0, 0.1) is 11.8 Å². The van der Waals surface area contributed by atoms with Crippen molar-refractivity contribution in [2.24, 2.45) is 17.6 Å². The quantitative estimate of drug-likeness (QED) is 0.767. The predicted molar refractivity (Wildman–Crippen MR) is 75.5 cm³/mol. The molecule has 2 saturated heterocycles. The lowest BCUT2D eigenvalue weighted by atomic mass is 9.78. The van der Waals surface area contributed by atoms with Crippen LogP contribution in [0.15, 0.2) is 0 Å². The zero-order valence-electron chi connectivity index (χ0n) is 12.0. The van der Waals surface area contributed by atoms with Crippen LogP contribution >= 0.6 is 0 Å². The Morgan fingerprint density at radius 2 is 1.94 bits per heavy atom. The van der Waals surface area contributed by atoms with Gasteiger partial charge in [-0.3, -0.25) is 4.90 Å². The summed E-state index contributed by atoms with van der Waals surface area (Å²) < 4.78 is 0. The van der Waals surface area contributed by atoms with Crippen LogP contribution in [0.25, 0.3) is 0 Å². The van der Waals surface area contributed by atoms with Gasteiger partial charge >= 0.3 is 0 Å². The van der Waals surface area contributed by atoms with Crippen molar-refractivity contribution in [3.63, 3.8) is 0 Å². The first-order valence-corrected chi connectivity index (χ1v) is 7.85. The Hall–Kier alpha value is -0.120. The summed E-state index contributed by atoms with van der Waals surface area (Å²) in [5.41, 5.74) is 6.33. The van der Waals surface area contributed by atoms with Gasteiger partial charge in [0.2, 0.25) is 0 Å². The summed E-state index contributed by atoms with van der Waals surface area (Å²) in [4.78, 5) is 5.29. The van der Waals surface area contributed by atoms with Crippen LogP contribution < -0.4 is 5.73 Å². The van der Waals surface area contributed by atoms with E-state index in [0.717, 1.165) is 23.9 Å². The van der Waals surface area contributed by atoms with Gasteiger partial charge in [0.15, 0.2) is 0 Å². The molecule has 1 saturated carbocycles. The monoisotopic (exact) mass is 251 g/mol. The van der Waals surface area contributed by atoms with Crippen molar-refractivity contribution < 1.29 is 0 Å². The molecule has 0 bridgehead atoms. The fourth-order valence-electron chi connectivity index (χ4n) is 4.45. The van der Waals surface area contributed by atoms with Gasteiger partial charge in [-0.25, -0.2) is 0 Å². The third-order valence-electron chi connectivity index (χ3n) is 5.88. The summed E-state index contributed by atoms with van der Waals surface area (Å²) in [6, 6.07) is 2.06. The summed E-state index contributed by atoms with van der Waals surface area (Å²) in [5.74, 6) is 1.71. The van der Waals surface area contributed by atoms with E-state index >= 15 is 0 Å². The molecule has 3 rings (SSSR count). The van der Waals surface area contributed by atoms with Gasteiger partial charge in [-0.1, -0.05) is 6.42 Å². The molecule has 2 N–H and O–H groups in total. The molecule has 2 aliphatic heterocycles. The minimum absolute atomic E-state index is 0.484. The molecule has 104 valence electrons. The Morgan fingerprint density at radius 1 is 1.11 bits per heavy atom. The van der Waals surface area contributed by atoms with Gasteiger partial charge in [0.1, 0.15) is 0 Å². The standard InChI is InChI=1S/C15H29N3/c1-11-8-13(6-7-17(11)2)18-9-12-4-3-5-15(16)14(12)10-18/h11-15H,3-10,16H2,1-2H3. The van der Waals surface area contributed by atoms with E-state index in [9.17, 15) is 0 Å². The highest BCUT2D eigenvalue weighted by molar-refractivity contribution is 4.96. The topological polar surface area (TPSA) is 32.5 Å².